The molecule has 1 aliphatic heterocycles. The average molecular weight is 477 g/mol. The Morgan fingerprint density at radius 2 is 1.97 bits per heavy atom. The van der Waals surface area contributed by atoms with Gasteiger partial charge in [-0.05, 0) is 24.1 Å². The number of aryl methyl sites for hydroxylation is 1. The lowest BCUT2D eigenvalue weighted by Gasteiger charge is -2.19. The summed E-state index contributed by atoms with van der Waals surface area (Å²) in [7, 11) is 1.49. The summed E-state index contributed by atoms with van der Waals surface area (Å²) in [6.45, 7) is 0.304. The minimum absolute atomic E-state index is 0.0616. The smallest absolute Gasteiger partial charge is 0.291 e. The normalized spacial score (nSPS) is 21.2. The Morgan fingerprint density at radius 3 is 2.68 bits per heavy atom. The fourth-order valence-corrected chi connectivity index (χ4v) is 3.94. The van der Waals surface area contributed by atoms with Crippen molar-refractivity contribution in [1.82, 2.24) is 29.9 Å². The van der Waals surface area contributed by atoms with Gasteiger partial charge >= 0.3 is 0 Å². The van der Waals surface area contributed by atoms with Gasteiger partial charge in [0.1, 0.15) is 18.2 Å². The molecule has 3 heterocycles. The number of carbonyl (C=O) groups is 2. The van der Waals surface area contributed by atoms with Crippen molar-refractivity contribution in [3.05, 3.63) is 59.3 Å². The fourth-order valence-electron chi connectivity index (χ4n) is 3.94. The minimum Gasteiger partial charge on any atom is -0.337 e. The SMILES string of the molecule is CN1C(=O)[C@H](NC(=O)c2ncn(Cc3ccc(F)c(F)c3)n2)CCn2nc([C@H]3CC3(F)F)cc21. The predicted molar refractivity (Wildman–Crippen MR) is 109 cm³/mol. The quantitative estimate of drug-likeness (QED) is 0.568. The van der Waals surface area contributed by atoms with E-state index in [2.05, 4.69) is 20.5 Å². The maximum atomic E-state index is 13.4. The molecule has 0 unspecified atom stereocenters. The van der Waals surface area contributed by atoms with Crippen LogP contribution in [0.5, 0.6) is 0 Å². The molecule has 2 aliphatic rings. The third-order valence-corrected chi connectivity index (χ3v) is 5.94. The Morgan fingerprint density at radius 1 is 1.21 bits per heavy atom. The molecule has 2 amide bonds. The molecule has 2 atom stereocenters. The lowest BCUT2D eigenvalue weighted by molar-refractivity contribution is -0.120. The Balaban J connectivity index is 1.25. The van der Waals surface area contributed by atoms with Crippen molar-refractivity contribution < 1.29 is 27.2 Å². The summed E-state index contributed by atoms with van der Waals surface area (Å²) in [5.74, 6) is -6.59. The zero-order valence-corrected chi connectivity index (χ0v) is 17.9. The van der Waals surface area contributed by atoms with Crippen molar-refractivity contribution in [3.8, 4) is 0 Å². The van der Waals surface area contributed by atoms with Crippen LogP contribution in [0.1, 0.15) is 40.6 Å². The second kappa shape index (κ2) is 7.92. The third-order valence-electron chi connectivity index (χ3n) is 5.94. The Bertz CT molecular complexity index is 1290. The largest absolute Gasteiger partial charge is 0.337 e. The van der Waals surface area contributed by atoms with Gasteiger partial charge in [-0.1, -0.05) is 6.07 Å². The van der Waals surface area contributed by atoms with Crippen LogP contribution in [-0.4, -0.2) is 55.4 Å². The van der Waals surface area contributed by atoms with E-state index in [0.29, 0.717) is 11.4 Å². The molecule has 0 saturated heterocycles. The number of benzene rings is 1. The lowest BCUT2D eigenvalue weighted by Crippen LogP contribution is -2.47. The van der Waals surface area contributed by atoms with E-state index in [-0.39, 0.29) is 37.4 Å². The fraction of sp³-hybridized carbons (Fsp3) is 0.381. The summed E-state index contributed by atoms with van der Waals surface area (Å²) in [6, 6.07) is 3.99. The molecule has 1 aliphatic carbocycles. The minimum atomic E-state index is -2.76. The molecule has 178 valence electrons. The van der Waals surface area contributed by atoms with Gasteiger partial charge in [-0.25, -0.2) is 31.9 Å². The number of amides is 2. The van der Waals surface area contributed by atoms with Crippen molar-refractivity contribution in [2.24, 2.45) is 0 Å². The molecule has 1 fully saturated rings. The van der Waals surface area contributed by atoms with E-state index in [9.17, 15) is 27.2 Å². The second-order valence-corrected chi connectivity index (χ2v) is 8.39. The van der Waals surface area contributed by atoms with E-state index >= 15 is 0 Å². The number of hydrogen-bond acceptors (Lipinski definition) is 5. The number of halogens is 4. The first-order chi connectivity index (χ1) is 16.1. The maximum absolute atomic E-state index is 13.4. The summed E-state index contributed by atoms with van der Waals surface area (Å²) < 4.78 is 56.1. The van der Waals surface area contributed by atoms with Crippen LogP contribution >= 0.6 is 0 Å². The second-order valence-electron chi connectivity index (χ2n) is 8.39. The number of likely N-dealkylation sites (N-methyl/N-ethyl adjacent to an activating group) is 1. The third kappa shape index (κ3) is 4.01. The summed E-state index contributed by atoms with van der Waals surface area (Å²) in [5, 5.41) is 10.9. The van der Waals surface area contributed by atoms with Crippen molar-refractivity contribution in [1.29, 1.82) is 0 Å². The van der Waals surface area contributed by atoms with E-state index in [0.717, 1.165) is 12.1 Å². The van der Waals surface area contributed by atoms with Gasteiger partial charge in [0.25, 0.3) is 17.7 Å². The molecule has 9 nitrogen and oxygen atoms in total. The van der Waals surface area contributed by atoms with Gasteiger partial charge in [0.05, 0.1) is 18.2 Å². The average Bonchev–Trinajstić information content (AvgIpc) is 3.14. The van der Waals surface area contributed by atoms with E-state index in [1.54, 1.807) is 0 Å². The van der Waals surface area contributed by atoms with E-state index in [1.807, 2.05) is 0 Å². The first-order valence-corrected chi connectivity index (χ1v) is 10.5. The van der Waals surface area contributed by atoms with Crippen LogP contribution in [0.2, 0.25) is 0 Å². The van der Waals surface area contributed by atoms with Crippen LogP contribution in [0.25, 0.3) is 0 Å². The van der Waals surface area contributed by atoms with Crippen molar-refractivity contribution in [2.75, 3.05) is 11.9 Å². The monoisotopic (exact) mass is 477 g/mol. The molecule has 5 rings (SSSR count). The van der Waals surface area contributed by atoms with Crippen LogP contribution < -0.4 is 10.2 Å². The van der Waals surface area contributed by atoms with Gasteiger partial charge in [-0.3, -0.25) is 14.5 Å². The number of aromatic nitrogens is 5. The lowest BCUT2D eigenvalue weighted by atomic mass is 10.2. The van der Waals surface area contributed by atoms with Gasteiger partial charge in [0.15, 0.2) is 11.6 Å². The molecular weight excluding hydrogens is 458 g/mol. The molecule has 1 N–H and O–H groups in total. The Hall–Kier alpha value is -3.77. The Kier molecular flexibility index (Phi) is 5.14. The topological polar surface area (TPSA) is 97.9 Å². The summed E-state index contributed by atoms with van der Waals surface area (Å²) in [6.07, 6.45) is 1.21. The van der Waals surface area contributed by atoms with Crippen molar-refractivity contribution in [2.45, 2.75) is 43.8 Å². The molecule has 2 aromatic heterocycles. The van der Waals surface area contributed by atoms with E-state index in [1.165, 1.54) is 39.8 Å². The van der Waals surface area contributed by atoms with Gasteiger partial charge in [-0.15, -0.1) is 5.10 Å². The van der Waals surface area contributed by atoms with Crippen LogP contribution in [-0.2, 0) is 17.9 Å². The number of nitrogens with zero attached hydrogens (tertiary/aromatic N) is 6. The molecule has 0 radical (unpaired) electrons. The molecule has 0 bridgehead atoms. The Labute approximate surface area is 190 Å². The van der Waals surface area contributed by atoms with Crippen LogP contribution in [0.4, 0.5) is 23.4 Å². The highest BCUT2D eigenvalue weighted by atomic mass is 19.3. The zero-order chi connectivity index (χ0) is 24.2. The van der Waals surface area contributed by atoms with Gasteiger partial charge < -0.3 is 5.32 Å². The van der Waals surface area contributed by atoms with Gasteiger partial charge in [0, 0.05) is 26.1 Å². The predicted octanol–water partition coefficient (Wildman–Crippen LogP) is 2.09. The van der Waals surface area contributed by atoms with Gasteiger partial charge in [0.2, 0.25) is 5.82 Å². The first kappa shape index (κ1) is 22.0. The number of fused-ring (bicyclic) bond motifs is 1. The standard InChI is InChI=1S/C21H19F4N7O2/c1-30-17-7-16(12-8-21(12,24)25)28-32(17)5-4-15(20(30)34)27-19(33)18-26-10-31(29-18)9-11-2-3-13(22)14(23)6-11/h2-3,6-7,10,12,15H,4-5,8-9H2,1H3,(H,27,33)/t12-,15-/m1/s1. The molecular formula is C21H19F4N7O2. The highest BCUT2D eigenvalue weighted by Crippen LogP contribution is 2.55. The summed E-state index contributed by atoms with van der Waals surface area (Å²) >= 11 is 0. The number of carbonyl (C=O) groups excluding carboxylic acids is 2. The molecule has 1 aromatic carbocycles. The van der Waals surface area contributed by atoms with Crippen LogP contribution in [0.15, 0.2) is 30.6 Å². The van der Waals surface area contributed by atoms with E-state index < -0.39 is 41.3 Å². The first-order valence-electron chi connectivity index (χ1n) is 10.5. The van der Waals surface area contributed by atoms with Crippen LogP contribution in [0, 0.1) is 11.6 Å². The number of nitrogens with one attached hydrogen (secondary N) is 1. The zero-order valence-electron chi connectivity index (χ0n) is 17.9. The maximum Gasteiger partial charge on any atom is 0.291 e. The van der Waals surface area contributed by atoms with Crippen molar-refractivity contribution in [3.63, 3.8) is 0 Å². The highest BCUT2D eigenvalue weighted by molar-refractivity contribution is 6.00. The molecule has 3 aromatic rings. The highest BCUT2D eigenvalue weighted by Gasteiger charge is 2.59. The molecule has 34 heavy (non-hydrogen) atoms. The van der Waals surface area contributed by atoms with Crippen molar-refractivity contribution >= 4 is 17.6 Å². The molecule has 13 heteroatoms. The molecule has 1 saturated carbocycles. The van der Waals surface area contributed by atoms with Crippen LogP contribution in [0.3, 0.4) is 0 Å². The van der Waals surface area contributed by atoms with Gasteiger partial charge in [-0.2, -0.15) is 5.10 Å². The summed E-state index contributed by atoms with van der Waals surface area (Å²) in [5.41, 5.74) is 0.673. The number of anilines is 1. The number of alkyl halides is 2. The molecule has 0 spiro atoms. The summed E-state index contributed by atoms with van der Waals surface area (Å²) in [4.78, 5) is 30.8. The van der Waals surface area contributed by atoms with E-state index in [4.69, 9.17) is 0 Å². The number of rotatable bonds is 5. The number of hydrogen-bond donors (Lipinski definition) is 1.